The standard InChI is InChI=1S/C6H11NO2/c1-4-9-6(8)5(2)7-3/h7H,2,4H2,1,3H3. The van der Waals surface area contributed by atoms with E-state index < -0.39 is 0 Å². The SMILES string of the molecule is C=C(NC)C(=O)OCC. The van der Waals surface area contributed by atoms with Gasteiger partial charge in [0.25, 0.3) is 0 Å². The van der Waals surface area contributed by atoms with Gasteiger partial charge in [-0.15, -0.1) is 0 Å². The van der Waals surface area contributed by atoms with Crippen LogP contribution in [0.2, 0.25) is 0 Å². The van der Waals surface area contributed by atoms with E-state index in [9.17, 15) is 4.79 Å². The van der Waals surface area contributed by atoms with Crippen molar-refractivity contribution in [1.82, 2.24) is 5.32 Å². The fourth-order valence-corrected chi connectivity index (χ4v) is 0.320. The summed E-state index contributed by atoms with van der Waals surface area (Å²) >= 11 is 0. The molecule has 0 saturated carbocycles. The molecule has 3 nitrogen and oxygen atoms in total. The van der Waals surface area contributed by atoms with E-state index in [2.05, 4.69) is 16.6 Å². The Morgan fingerprint density at radius 1 is 1.78 bits per heavy atom. The maximum atomic E-state index is 10.6. The van der Waals surface area contributed by atoms with Gasteiger partial charge >= 0.3 is 5.97 Å². The minimum atomic E-state index is -0.389. The Bertz CT molecular complexity index is 120. The summed E-state index contributed by atoms with van der Waals surface area (Å²) in [4.78, 5) is 10.6. The Morgan fingerprint density at radius 3 is 2.67 bits per heavy atom. The number of ether oxygens (including phenoxy) is 1. The van der Waals surface area contributed by atoms with Gasteiger partial charge in [0, 0.05) is 7.05 Å². The average molecular weight is 129 g/mol. The van der Waals surface area contributed by atoms with Crippen LogP contribution in [0.15, 0.2) is 12.3 Å². The van der Waals surface area contributed by atoms with Crippen LogP contribution in [0.4, 0.5) is 0 Å². The number of esters is 1. The highest BCUT2D eigenvalue weighted by molar-refractivity contribution is 5.86. The van der Waals surface area contributed by atoms with Crippen molar-refractivity contribution in [2.45, 2.75) is 6.92 Å². The van der Waals surface area contributed by atoms with E-state index in [-0.39, 0.29) is 11.7 Å². The second-order valence-electron chi connectivity index (χ2n) is 1.45. The summed E-state index contributed by atoms with van der Waals surface area (Å²) in [5.41, 5.74) is 0.289. The monoisotopic (exact) mass is 129 g/mol. The molecule has 0 fully saturated rings. The molecule has 52 valence electrons. The van der Waals surface area contributed by atoms with E-state index >= 15 is 0 Å². The summed E-state index contributed by atoms with van der Waals surface area (Å²) in [5, 5.41) is 2.58. The second kappa shape index (κ2) is 3.95. The van der Waals surface area contributed by atoms with Crippen molar-refractivity contribution in [3.05, 3.63) is 12.3 Å². The molecule has 0 saturated heterocycles. The first-order valence-corrected chi connectivity index (χ1v) is 2.76. The molecule has 0 aliphatic rings. The quantitative estimate of drug-likeness (QED) is 0.439. The smallest absolute Gasteiger partial charge is 0.353 e. The largest absolute Gasteiger partial charge is 0.461 e. The van der Waals surface area contributed by atoms with Crippen molar-refractivity contribution in [3.8, 4) is 0 Å². The van der Waals surface area contributed by atoms with Crippen LogP contribution in [0.25, 0.3) is 0 Å². The van der Waals surface area contributed by atoms with Gasteiger partial charge in [-0.25, -0.2) is 4.79 Å². The van der Waals surface area contributed by atoms with Gasteiger partial charge in [-0.2, -0.15) is 0 Å². The molecule has 0 aromatic heterocycles. The lowest BCUT2D eigenvalue weighted by Gasteiger charge is -2.01. The predicted molar refractivity (Wildman–Crippen MR) is 34.8 cm³/mol. The molecular formula is C6H11NO2. The topological polar surface area (TPSA) is 38.3 Å². The lowest BCUT2D eigenvalue weighted by atomic mass is 10.5. The molecule has 0 bridgehead atoms. The molecule has 1 N–H and O–H groups in total. The number of nitrogens with one attached hydrogen (secondary N) is 1. The molecule has 0 heterocycles. The third kappa shape index (κ3) is 2.74. The van der Waals surface area contributed by atoms with E-state index in [1.165, 1.54) is 0 Å². The number of carbonyl (C=O) groups is 1. The summed E-state index contributed by atoms with van der Waals surface area (Å²) < 4.78 is 4.59. The summed E-state index contributed by atoms with van der Waals surface area (Å²) in [7, 11) is 1.62. The first-order chi connectivity index (χ1) is 4.22. The molecule has 3 heteroatoms. The minimum absolute atomic E-state index is 0.289. The molecule has 0 rings (SSSR count). The van der Waals surface area contributed by atoms with Crippen molar-refractivity contribution >= 4 is 5.97 Å². The first kappa shape index (κ1) is 8.01. The molecule has 0 aromatic carbocycles. The van der Waals surface area contributed by atoms with Crippen LogP contribution in [0.1, 0.15) is 6.92 Å². The van der Waals surface area contributed by atoms with E-state index in [1.54, 1.807) is 14.0 Å². The Hall–Kier alpha value is -0.990. The fourth-order valence-electron chi connectivity index (χ4n) is 0.320. The Labute approximate surface area is 54.7 Å². The zero-order valence-electron chi connectivity index (χ0n) is 5.73. The number of hydrogen-bond acceptors (Lipinski definition) is 3. The fraction of sp³-hybridized carbons (Fsp3) is 0.500. The van der Waals surface area contributed by atoms with Gasteiger partial charge in [-0.1, -0.05) is 6.58 Å². The molecule has 0 aromatic rings. The highest BCUT2D eigenvalue weighted by Crippen LogP contribution is 1.86. The zero-order valence-corrected chi connectivity index (χ0v) is 5.73. The number of likely N-dealkylation sites (N-methyl/N-ethyl adjacent to an activating group) is 1. The van der Waals surface area contributed by atoms with Gasteiger partial charge in [0.05, 0.1) is 6.61 Å². The zero-order chi connectivity index (χ0) is 7.28. The van der Waals surface area contributed by atoms with Crippen LogP contribution >= 0.6 is 0 Å². The summed E-state index contributed by atoms with van der Waals surface area (Å²) in [6.07, 6.45) is 0. The van der Waals surface area contributed by atoms with Crippen LogP contribution in [0, 0.1) is 0 Å². The summed E-state index contributed by atoms with van der Waals surface area (Å²) in [5.74, 6) is -0.389. The number of rotatable bonds is 3. The van der Waals surface area contributed by atoms with Crippen LogP contribution < -0.4 is 5.32 Å². The highest BCUT2D eigenvalue weighted by atomic mass is 16.5. The van der Waals surface area contributed by atoms with Gasteiger partial charge in [0.2, 0.25) is 0 Å². The molecule has 0 radical (unpaired) electrons. The lowest BCUT2D eigenvalue weighted by molar-refractivity contribution is -0.138. The van der Waals surface area contributed by atoms with E-state index in [0.29, 0.717) is 6.61 Å². The van der Waals surface area contributed by atoms with E-state index in [4.69, 9.17) is 0 Å². The Morgan fingerprint density at radius 2 is 2.33 bits per heavy atom. The van der Waals surface area contributed by atoms with Gasteiger partial charge in [0.1, 0.15) is 5.70 Å². The van der Waals surface area contributed by atoms with Crippen molar-refractivity contribution in [2.75, 3.05) is 13.7 Å². The molecular weight excluding hydrogens is 118 g/mol. The van der Waals surface area contributed by atoms with Gasteiger partial charge in [-0.3, -0.25) is 0 Å². The third-order valence-corrected chi connectivity index (χ3v) is 0.824. The Balaban J connectivity index is 3.60. The highest BCUT2D eigenvalue weighted by Gasteiger charge is 2.02. The maximum absolute atomic E-state index is 10.6. The Kier molecular flexibility index (Phi) is 3.51. The third-order valence-electron chi connectivity index (χ3n) is 0.824. The molecule has 0 spiro atoms. The summed E-state index contributed by atoms with van der Waals surface area (Å²) in [6.45, 7) is 5.55. The summed E-state index contributed by atoms with van der Waals surface area (Å²) in [6, 6.07) is 0. The molecule has 0 amide bonds. The normalized spacial score (nSPS) is 8.22. The predicted octanol–water partition coefficient (Wildman–Crippen LogP) is 0.283. The van der Waals surface area contributed by atoms with Gasteiger partial charge in [0.15, 0.2) is 0 Å². The van der Waals surface area contributed by atoms with Crippen LogP contribution in [0.5, 0.6) is 0 Å². The van der Waals surface area contributed by atoms with Crippen LogP contribution in [0.3, 0.4) is 0 Å². The molecule has 0 aliphatic carbocycles. The first-order valence-electron chi connectivity index (χ1n) is 2.76. The van der Waals surface area contributed by atoms with E-state index in [1.807, 2.05) is 0 Å². The van der Waals surface area contributed by atoms with Crippen molar-refractivity contribution < 1.29 is 9.53 Å². The van der Waals surface area contributed by atoms with Crippen LogP contribution in [-0.2, 0) is 9.53 Å². The number of carbonyl (C=O) groups excluding carboxylic acids is 1. The minimum Gasteiger partial charge on any atom is -0.461 e. The maximum Gasteiger partial charge on any atom is 0.353 e. The molecule has 0 aliphatic heterocycles. The van der Waals surface area contributed by atoms with Gasteiger partial charge < -0.3 is 10.1 Å². The lowest BCUT2D eigenvalue weighted by Crippen LogP contribution is -2.17. The van der Waals surface area contributed by atoms with Gasteiger partial charge in [-0.05, 0) is 6.92 Å². The van der Waals surface area contributed by atoms with E-state index in [0.717, 1.165) is 0 Å². The average Bonchev–Trinajstić information content (AvgIpc) is 1.87. The molecule has 0 atom stereocenters. The van der Waals surface area contributed by atoms with Crippen molar-refractivity contribution in [3.63, 3.8) is 0 Å². The van der Waals surface area contributed by atoms with Crippen molar-refractivity contribution in [2.24, 2.45) is 0 Å². The molecule has 9 heavy (non-hydrogen) atoms. The van der Waals surface area contributed by atoms with Crippen LogP contribution in [-0.4, -0.2) is 19.6 Å². The number of hydrogen-bond donors (Lipinski definition) is 1. The molecule has 0 unspecified atom stereocenters. The second-order valence-corrected chi connectivity index (χ2v) is 1.45. The van der Waals surface area contributed by atoms with Crippen molar-refractivity contribution in [1.29, 1.82) is 0 Å².